The van der Waals surface area contributed by atoms with Gasteiger partial charge in [0.2, 0.25) is 5.91 Å². The summed E-state index contributed by atoms with van der Waals surface area (Å²) in [6.07, 6.45) is 0. The molecule has 0 saturated carbocycles. The van der Waals surface area contributed by atoms with E-state index in [9.17, 15) is 4.79 Å². The van der Waals surface area contributed by atoms with Crippen LogP contribution in [-0.2, 0) is 4.79 Å². The maximum Gasteiger partial charge on any atom is 0.219 e. The van der Waals surface area contributed by atoms with Gasteiger partial charge in [0.25, 0.3) is 0 Å². The van der Waals surface area contributed by atoms with Gasteiger partial charge < -0.3 is 4.90 Å². The van der Waals surface area contributed by atoms with Crippen LogP contribution in [0.15, 0.2) is 0 Å². The molecule has 0 bridgehead atoms. The molecule has 0 aromatic carbocycles. The third kappa shape index (κ3) is 4.24. The molecule has 4 heteroatoms. The smallest absolute Gasteiger partial charge is 0.219 e. The highest BCUT2D eigenvalue weighted by Crippen LogP contribution is 1.97. The summed E-state index contributed by atoms with van der Waals surface area (Å²) in [7, 11) is 1.91. The molecule has 0 radical (unpaired) electrons. The van der Waals surface area contributed by atoms with E-state index < -0.39 is 0 Å². The van der Waals surface area contributed by atoms with Gasteiger partial charge >= 0.3 is 0 Å². The average molecular weight is 187 g/mol. The summed E-state index contributed by atoms with van der Waals surface area (Å²) in [5.41, 5.74) is 3.06. The molecule has 4 nitrogen and oxygen atoms in total. The Morgan fingerprint density at radius 2 is 1.62 bits per heavy atom. The molecule has 0 aromatic heterocycles. The number of hydrogen-bond acceptors (Lipinski definition) is 3. The Bertz CT molecular complexity index is 142. The van der Waals surface area contributed by atoms with Gasteiger partial charge in [-0.2, -0.15) is 0 Å². The maximum atomic E-state index is 10.9. The first-order valence-corrected chi connectivity index (χ1v) is 4.92. The molecule has 1 fully saturated rings. The molecule has 13 heavy (non-hydrogen) atoms. The third-order valence-corrected chi connectivity index (χ3v) is 2.04. The Morgan fingerprint density at radius 1 is 1.15 bits per heavy atom. The molecule has 0 spiro atoms. The predicted octanol–water partition coefficient (Wildman–Crippen LogP) is 0.311. The van der Waals surface area contributed by atoms with Crippen molar-refractivity contribution in [3.8, 4) is 0 Å². The number of nitrogens with zero attached hydrogens (tertiary/aromatic N) is 2. The number of piperazine rings is 1. The van der Waals surface area contributed by atoms with E-state index in [1.807, 2.05) is 25.8 Å². The maximum absolute atomic E-state index is 10.9. The molecule has 0 unspecified atom stereocenters. The van der Waals surface area contributed by atoms with Gasteiger partial charge in [-0.1, -0.05) is 13.8 Å². The number of carbonyl (C=O) groups is 1. The Labute approximate surface area is 80.9 Å². The molecule has 1 N–H and O–H groups in total. The lowest BCUT2D eigenvalue weighted by Crippen LogP contribution is -2.51. The van der Waals surface area contributed by atoms with Crippen LogP contribution in [0.5, 0.6) is 0 Å². The number of carbonyl (C=O) groups excluding carboxylic acids is 1. The first-order chi connectivity index (χ1) is 6.24. The van der Waals surface area contributed by atoms with E-state index in [4.69, 9.17) is 0 Å². The lowest BCUT2D eigenvalue weighted by molar-refractivity contribution is -0.130. The van der Waals surface area contributed by atoms with E-state index in [1.165, 1.54) is 0 Å². The first-order valence-electron chi connectivity index (χ1n) is 4.92. The molecule has 1 rings (SSSR count). The summed E-state index contributed by atoms with van der Waals surface area (Å²) in [5, 5.41) is 2.11. The van der Waals surface area contributed by atoms with Crippen LogP contribution in [0.2, 0.25) is 0 Å². The third-order valence-electron chi connectivity index (χ3n) is 2.04. The quantitative estimate of drug-likeness (QED) is 0.642. The standard InChI is InChI=1S/C7H15N3O.C2H6/c1-7(11)9-3-5-10(8-2)6-4-9;1-2/h8H,3-6H2,1-2H3;1-2H3. The van der Waals surface area contributed by atoms with Gasteiger partial charge in [-0.25, -0.2) is 5.01 Å². The highest BCUT2D eigenvalue weighted by Gasteiger charge is 2.16. The topological polar surface area (TPSA) is 35.6 Å². The van der Waals surface area contributed by atoms with Gasteiger partial charge in [0, 0.05) is 33.1 Å². The predicted molar refractivity (Wildman–Crippen MR) is 54.2 cm³/mol. The summed E-state index contributed by atoms with van der Waals surface area (Å²) in [6, 6.07) is 0. The molecule has 1 saturated heterocycles. The van der Waals surface area contributed by atoms with Gasteiger partial charge in [-0.05, 0) is 7.05 Å². The molecule has 1 amide bonds. The van der Waals surface area contributed by atoms with Crippen LogP contribution in [0, 0.1) is 0 Å². The zero-order chi connectivity index (χ0) is 10.3. The fourth-order valence-corrected chi connectivity index (χ4v) is 1.24. The minimum atomic E-state index is 0.181. The van der Waals surface area contributed by atoms with E-state index >= 15 is 0 Å². The van der Waals surface area contributed by atoms with Crippen LogP contribution < -0.4 is 5.43 Å². The van der Waals surface area contributed by atoms with Crippen LogP contribution in [0.4, 0.5) is 0 Å². The minimum absolute atomic E-state index is 0.181. The Hall–Kier alpha value is -0.610. The molecular weight excluding hydrogens is 166 g/mol. The molecule has 0 aliphatic carbocycles. The summed E-state index contributed by atoms with van der Waals surface area (Å²) in [5.74, 6) is 0.181. The number of hydrogen-bond donors (Lipinski definition) is 1. The monoisotopic (exact) mass is 187 g/mol. The van der Waals surface area contributed by atoms with Crippen molar-refractivity contribution in [3.63, 3.8) is 0 Å². The van der Waals surface area contributed by atoms with Crippen LogP contribution in [0.1, 0.15) is 20.8 Å². The van der Waals surface area contributed by atoms with Crippen LogP contribution in [0.25, 0.3) is 0 Å². The summed E-state index contributed by atoms with van der Waals surface area (Å²) in [6.45, 7) is 9.16. The van der Waals surface area contributed by atoms with Crippen molar-refractivity contribution in [2.24, 2.45) is 0 Å². The van der Waals surface area contributed by atoms with Crippen LogP contribution in [-0.4, -0.2) is 49.0 Å². The van der Waals surface area contributed by atoms with Gasteiger partial charge in [0.05, 0.1) is 0 Å². The molecule has 1 aliphatic rings. The molecule has 0 atom stereocenters. The van der Waals surface area contributed by atoms with E-state index in [-0.39, 0.29) is 5.91 Å². The minimum Gasteiger partial charge on any atom is -0.340 e. The van der Waals surface area contributed by atoms with Gasteiger partial charge in [-0.15, -0.1) is 0 Å². The first kappa shape index (κ1) is 12.4. The Morgan fingerprint density at radius 3 is 1.92 bits per heavy atom. The second kappa shape index (κ2) is 6.86. The highest BCUT2D eigenvalue weighted by atomic mass is 16.2. The van der Waals surface area contributed by atoms with Gasteiger partial charge in [0.1, 0.15) is 0 Å². The van der Waals surface area contributed by atoms with Crippen molar-refractivity contribution in [3.05, 3.63) is 0 Å². The summed E-state index contributed by atoms with van der Waals surface area (Å²) in [4.78, 5) is 12.7. The molecule has 0 aromatic rings. The number of nitrogens with one attached hydrogen (secondary N) is 1. The van der Waals surface area contributed by atoms with Crippen molar-refractivity contribution in [1.29, 1.82) is 0 Å². The zero-order valence-corrected chi connectivity index (χ0v) is 9.13. The van der Waals surface area contributed by atoms with E-state index in [1.54, 1.807) is 6.92 Å². The van der Waals surface area contributed by atoms with Crippen molar-refractivity contribution in [2.45, 2.75) is 20.8 Å². The molecule has 1 heterocycles. The van der Waals surface area contributed by atoms with E-state index in [2.05, 4.69) is 10.4 Å². The average Bonchev–Trinajstić information content (AvgIpc) is 2.21. The van der Waals surface area contributed by atoms with Crippen molar-refractivity contribution in [2.75, 3.05) is 33.2 Å². The number of hydrazine groups is 1. The van der Waals surface area contributed by atoms with E-state index in [0.29, 0.717) is 0 Å². The molecule has 78 valence electrons. The second-order valence-corrected chi connectivity index (χ2v) is 2.72. The lowest BCUT2D eigenvalue weighted by Gasteiger charge is -2.33. The zero-order valence-electron chi connectivity index (χ0n) is 9.13. The Balaban J connectivity index is 0.000000671. The SMILES string of the molecule is CC.CNN1CCN(C(C)=O)CC1. The van der Waals surface area contributed by atoms with Crippen LogP contribution in [0.3, 0.4) is 0 Å². The van der Waals surface area contributed by atoms with Crippen molar-refractivity contribution >= 4 is 5.91 Å². The highest BCUT2D eigenvalue weighted by molar-refractivity contribution is 5.73. The summed E-state index contributed by atoms with van der Waals surface area (Å²) < 4.78 is 0. The molecule has 1 aliphatic heterocycles. The lowest BCUT2D eigenvalue weighted by atomic mass is 10.3. The van der Waals surface area contributed by atoms with Crippen LogP contribution >= 0.6 is 0 Å². The summed E-state index contributed by atoms with van der Waals surface area (Å²) >= 11 is 0. The fourth-order valence-electron chi connectivity index (χ4n) is 1.24. The number of rotatable bonds is 1. The Kier molecular flexibility index (Phi) is 6.54. The fraction of sp³-hybridized carbons (Fsp3) is 0.889. The van der Waals surface area contributed by atoms with Crippen molar-refractivity contribution in [1.82, 2.24) is 15.3 Å². The largest absolute Gasteiger partial charge is 0.340 e. The second-order valence-electron chi connectivity index (χ2n) is 2.72. The molecular formula is C9H21N3O. The normalized spacial score (nSPS) is 17.7. The number of amides is 1. The van der Waals surface area contributed by atoms with E-state index in [0.717, 1.165) is 26.2 Å². The van der Waals surface area contributed by atoms with Gasteiger partial charge in [0.15, 0.2) is 0 Å². The van der Waals surface area contributed by atoms with Crippen molar-refractivity contribution < 1.29 is 4.79 Å². The van der Waals surface area contributed by atoms with Gasteiger partial charge in [-0.3, -0.25) is 10.2 Å².